The zero-order chi connectivity index (χ0) is 11.0. The second-order valence-electron chi connectivity index (χ2n) is 2.29. The predicted molar refractivity (Wildman–Crippen MR) is 44.7 cm³/mol. The zero-order valence-corrected chi connectivity index (χ0v) is 7.43. The van der Waals surface area contributed by atoms with Crippen LogP contribution in [0.25, 0.3) is 0 Å². The minimum atomic E-state index is -1.75. The van der Waals surface area contributed by atoms with Crippen molar-refractivity contribution in [1.29, 1.82) is 5.26 Å². The minimum absolute atomic E-state index is 0.0208. The van der Waals surface area contributed by atoms with Gasteiger partial charge in [-0.3, -0.25) is 4.94 Å². The number of hydrogen-bond acceptors (Lipinski definition) is 2. The molecule has 1 aromatic carbocycles. The number of halogens is 3. The number of aryl methyl sites for hydroxylation is 1. The Morgan fingerprint density at radius 2 is 2.00 bits per heavy atom. The van der Waals surface area contributed by atoms with E-state index in [4.69, 9.17) is 5.26 Å². The smallest absolute Gasteiger partial charge is 0.229 e. The van der Waals surface area contributed by atoms with E-state index in [1.54, 1.807) is 13.0 Å². The molecule has 0 aliphatic heterocycles. The van der Waals surface area contributed by atoms with E-state index >= 15 is 0 Å². The number of alkyl halides is 2. The molecule has 76 valence electrons. The fraction of sp³-hybridized carbons (Fsp3) is 0.222. The van der Waals surface area contributed by atoms with E-state index in [9.17, 15) is 13.3 Å². The fourth-order valence-corrected chi connectivity index (χ4v) is 0.786. The third-order valence-electron chi connectivity index (χ3n) is 1.34. The predicted octanol–water partition coefficient (Wildman–Crippen LogP) is 3.01. The van der Waals surface area contributed by atoms with Crippen molar-refractivity contribution in [2.45, 2.75) is 6.92 Å². The summed E-state index contributed by atoms with van der Waals surface area (Å²) in [6, 6.07) is 6.52. The Morgan fingerprint density at radius 1 is 1.43 bits per heavy atom. The fourth-order valence-electron chi connectivity index (χ4n) is 0.786. The highest BCUT2D eigenvalue weighted by molar-refractivity contribution is 5.44. The van der Waals surface area contributed by atoms with Crippen LogP contribution in [0.1, 0.15) is 11.1 Å². The van der Waals surface area contributed by atoms with Gasteiger partial charge in [0.1, 0.15) is 6.07 Å². The molecule has 14 heavy (non-hydrogen) atoms. The molecular weight excluding hydrogens is 195 g/mol. The van der Waals surface area contributed by atoms with E-state index in [0.29, 0.717) is 0 Å². The first kappa shape index (κ1) is 12.3. The lowest BCUT2D eigenvalue weighted by atomic mass is 10.1. The van der Waals surface area contributed by atoms with Crippen LogP contribution in [0.5, 0.6) is 5.75 Å². The van der Waals surface area contributed by atoms with Crippen molar-refractivity contribution in [3.8, 4) is 11.8 Å². The average molecular weight is 203 g/mol. The zero-order valence-electron chi connectivity index (χ0n) is 7.43. The molecule has 0 amide bonds. The van der Waals surface area contributed by atoms with Crippen LogP contribution in [-0.2, 0) is 0 Å². The quantitative estimate of drug-likeness (QED) is 0.702. The number of hydrogen-bond donors (Lipinski definition) is 0. The van der Waals surface area contributed by atoms with Gasteiger partial charge in [-0.2, -0.15) is 5.26 Å². The molecular formula is C9H8F3NO. The minimum Gasteiger partial charge on any atom is -0.293 e. The van der Waals surface area contributed by atoms with E-state index in [2.05, 4.69) is 4.94 Å². The number of rotatable bonds is 1. The van der Waals surface area contributed by atoms with E-state index in [1.165, 1.54) is 12.1 Å². The van der Waals surface area contributed by atoms with Crippen molar-refractivity contribution >= 4 is 0 Å². The SMILES string of the molecule is Cc1ccc(C#N)c(OF)c1.FCF. The highest BCUT2D eigenvalue weighted by atomic mass is 19.3. The third kappa shape index (κ3) is 3.81. The van der Waals surface area contributed by atoms with Crippen LogP contribution >= 0.6 is 0 Å². The lowest BCUT2D eigenvalue weighted by Gasteiger charge is -1.97. The normalized spacial score (nSPS) is 8.21. The van der Waals surface area contributed by atoms with Crippen LogP contribution < -0.4 is 4.94 Å². The second kappa shape index (κ2) is 6.78. The molecule has 0 bridgehead atoms. The first-order chi connectivity index (χ1) is 6.69. The molecule has 1 rings (SSSR count). The summed E-state index contributed by atoms with van der Waals surface area (Å²) in [6.07, 6.45) is 0. The summed E-state index contributed by atoms with van der Waals surface area (Å²) in [6.45, 7) is 0.0453. The molecule has 0 spiro atoms. The molecule has 0 atom stereocenters. The van der Waals surface area contributed by atoms with Gasteiger partial charge in [0.25, 0.3) is 0 Å². The van der Waals surface area contributed by atoms with Crippen molar-refractivity contribution < 1.29 is 18.2 Å². The Morgan fingerprint density at radius 3 is 2.43 bits per heavy atom. The standard InChI is InChI=1S/C8H6FNO.CH2F2/c1-6-2-3-7(5-10)8(4-6)11-9;2-1-3/h2-4H,1H3;1H2. The van der Waals surface area contributed by atoms with Gasteiger partial charge in [-0.15, -0.1) is 0 Å². The number of benzene rings is 1. The molecule has 0 aromatic heterocycles. The van der Waals surface area contributed by atoms with Crippen LogP contribution in [0.2, 0.25) is 0 Å². The summed E-state index contributed by atoms with van der Waals surface area (Å²) in [7, 11) is 0. The van der Waals surface area contributed by atoms with E-state index in [0.717, 1.165) is 5.56 Å². The lowest BCUT2D eigenvalue weighted by molar-refractivity contribution is -0.00660. The van der Waals surface area contributed by atoms with Crippen LogP contribution in [-0.4, -0.2) is 6.93 Å². The van der Waals surface area contributed by atoms with Crippen molar-refractivity contribution in [2.75, 3.05) is 6.93 Å². The summed E-state index contributed by atoms with van der Waals surface area (Å²) in [5, 5.41) is 8.44. The van der Waals surface area contributed by atoms with Gasteiger partial charge in [0.05, 0.1) is 5.56 Å². The Balaban J connectivity index is 0.000000500. The Hall–Kier alpha value is -1.70. The summed E-state index contributed by atoms with van der Waals surface area (Å²) in [4.78, 5) is 3.49. The van der Waals surface area contributed by atoms with Gasteiger partial charge in [-0.1, -0.05) is 6.07 Å². The largest absolute Gasteiger partial charge is 0.293 e. The summed E-state index contributed by atoms with van der Waals surface area (Å²) in [5.41, 5.74) is 1.06. The number of nitriles is 1. The van der Waals surface area contributed by atoms with Gasteiger partial charge in [-0.25, -0.2) is 8.78 Å². The molecule has 0 heterocycles. The maximum atomic E-state index is 11.7. The highest BCUT2D eigenvalue weighted by Gasteiger charge is 2.02. The Kier molecular flexibility index (Phi) is 5.95. The van der Waals surface area contributed by atoms with E-state index in [1.807, 2.05) is 6.07 Å². The molecule has 0 aliphatic carbocycles. The Bertz CT molecular complexity index is 322. The Labute approximate surface area is 79.4 Å². The van der Waals surface area contributed by atoms with Gasteiger partial charge < -0.3 is 0 Å². The van der Waals surface area contributed by atoms with E-state index in [-0.39, 0.29) is 11.3 Å². The molecule has 5 heteroatoms. The topological polar surface area (TPSA) is 33.0 Å². The first-order valence-corrected chi connectivity index (χ1v) is 3.60. The summed E-state index contributed by atoms with van der Waals surface area (Å²) >= 11 is 0. The van der Waals surface area contributed by atoms with Gasteiger partial charge >= 0.3 is 0 Å². The lowest BCUT2D eigenvalue weighted by Crippen LogP contribution is -1.83. The van der Waals surface area contributed by atoms with E-state index < -0.39 is 6.93 Å². The highest BCUT2D eigenvalue weighted by Crippen LogP contribution is 2.19. The summed E-state index contributed by atoms with van der Waals surface area (Å²) < 4.78 is 31.0. The van der Waals surface area contributed by atoms with Crippen molar-refractivity contribution in [3.05, 3.63) is 29.3 Å². The van der Waals surface area contributed by atoms with Crippen molar-refractivity contribution in [1.82, 2.24) is 0 Å². The molecule has 0 aliphatic rings. The van der Waals surface area contributed by atoms with Crippen LogP contribution in [0.15, 0.2) is 18.2 Å². The molecule has 0 fully saturated rings. The van der Waals surface area contributed by atoms with Gasteiger partial charge in [-0.05, 0) is 24.6 Å². The monoisotopic (exact) mass is 203 g/mol. The van der Waals surface area contributed by atoms with Crippen LogP contribution in [0, 0.1) is 18.3 Å². The average Bonchev–Trinajstić information content (AvgIpc) is 2.19. The van der Waals surface area contributed by atoms with Crippen molar-refractivity contribution in [3.63, 3.8) is 0 Å². The first-order valence-electron chi connectivity index (χ1n) is 3.60. The molecule has 0 unspecified atom stereocenters. The van der Waals surface area contributed by atoms with Gasteiger partial charge in [0.15, 0.2) is 5.75 Å². The third-order valence-corrected chi connectivity index (χ3v) is 1.34. The maximum absolute atomic E-state index is 11.7. The van der Waals surface area contributed by atoms with Gasteiger partial charge in [0, 0.05) is 4.53 Å². The second-order valence-corrected chi connectivity index (χ2v) is 2.29. The van der Waals surface area contributed by atoms with Gasteiger partial charge in [0.2, 0.25) is 6.93 Å². The molecule has 1 aromatic rings. The number of nitrogens with zero attached hydrogens (tertiary/aromatic N) is 1. The maximum Gasteiger partial charge on any atom is 0.229 e. The molecule has 0 N–H and O–H groups in total. The van der Waals surface area contributed by atoms with Crippen LogP contribution in [0.4, 0.5) is 13.3 Å². The molecule has 0 saturated carbocycles. The summed E-state index contributed by atoms with van der Waals surface area (Å²) in [5.74, 6) is -0.0208. The molecule has 0 radical (unpaired) electrons. The molecule has 0 saturated heterocycles. The van der Waals surface area contributed by atoms with Crippen LogP contribution in [0.3, 0.4) is 0 Å². The van der Waals surface area contributed by atoms with Crippen molar-refractivity contribution in [2.24, 2.45) is 0 Å². The molecule has 2 nitrogen and oxygen atoms in total.